The number of aromatic nitrogens is 1. The maximum Gasteiger partial charge on any atom is 0.297 e. The third kappa shape index (κ3) is 2.60. The van der Waals surface area contributed by atoms with Gasteiger partial charge in [-0.05, 0) is 14.0 Å². The fraction of sp³-hybridized carbons (Fsp3) is 0.500. The fourth-order valence-corrected chi connectivity index (χ4v) is 1.20. The molecule has 0 spiro atoms. The van der Waals surface area contributed by atoms with Gasteiger partial charge in [0.1, 0.15) is 6.26 Å². The van der Waals surface area contributed by atoms with Crippen LogP contribution >= 0.6 is 0 Å². The second-order valence-corrected chi connectivity index (χ2v) is 2.98. The first-order valence-corrected chi connectivity index (χ1v) is 4.76. The van der Waals surface area contributed by atoms with Crippen LogP contribution in [-0.4, -0.2) is 25.1 Å². The molecule has 14 heavy (non-hydrogen) atoms. The van der Waals surface area contributed by atoms with Crippen molar-refractivity contribution in [3.05, 3.63) is 24.6 Å². The van der Waals surface area contributed by atoms with Gasteiger partial charge in [0.15, 0.2) is 0 Å². The molecule has 0 fully saturated rings. The van der Waals surface area contributed by atoms with Crippen molar-refractivity contribution in [1.82, 2.24) is 10.3 Å². The van der Waals surface area contributed by atoms with Crippen molar-refractivity contribution in [2.75, 3.05) is 25.0 Å². The molecule has 0 atom stereocenters. The molecule has 0 aliphatic rings. The Bertz CT molecular complexity index is 283. The third-order valence-electron chi connectivity index (χ3n) is 1.90. The van der Waals surface area contributed by atoms with Crippen LogP contribution in [0.4, 0.5) is 6.01 Å². The normalized spacial score (nSPS) is 10.1. The maximum atomic E-state index is 5.35. The zero-order valence-corrected chi connectivity index (χ0v) is 8.79. The van der Waals surface area contributed by atoms with Gasteiger partial charge in [-0.15, -0.1) is 6.58 Å². The number of rotatable bonds is 6. The van der Waals surface area contributed by atoms with Gasteiger partial charge in [-0.25, -0.2) is 0 Å². The molecular weight excluding hydrogens is 178 g/mol. The van der Waals surface area contributed by atoms with Gasteiger partial charge in [0.05, 0.1) is 5.69 Å². The zero-order chi connectivity index (χ0) is 10.4. The SMILES string of the molecule is C=CCN(CC)c1nc(CNC)co1. The van der Waals surface area contributed by atoms with Gasteiger partial charge >= 0.3 is 0 Å². The summed E-state index contributed by atoms with van der Waals surface area (Å²) < 4.78 is 5.35. The summed E-state index contributed by atoms with van der Waals surface area (Å²) >= 11 is 0. The van der Waals surface area contributed by atoms with Crippen LogP contribution in [-0.2, 0) is 6.54 Å². The van der Waals surface area contributed by atoms with Crippen molar-refractivity contribution in [2.45, 2.75) is 13.5 Å². The Balaban J connectivity index is 2.67. The maximum absolute atomic E-state index is 5.35. The van der Waals surface area contributed by atoms with Crippen LogP contribution in [0.15, 0.2) is 23.3 Å². The van der Waals surface area contributed by atoms with E-state index < -0.39 is 0 Å². The first-order chi connectivity index (χ1) is 6.81. The molecule has 1 aromatic rings. The summed E-state index contributed by atoms with van der Waals surface area (Å²) in [6.45, 7) is 8.11. The smallest absolute Gasteiger partial charge is 0.297 e. The van der Waals surface area contributed by atoms with E-state index in [2.05, 4.69) is 23.8 Å². The highest BCUT2D eigenvalue weighted by Crippen LogP contribution is 2.12. The van der Waals surface area contributed by atoms with E-state index in [1.807, 2.05) is 18.0 Å². The average Bonchev–Trinajstić information content (AvgIpc) is 2.63. The van der Waals surface area contributed by atoms with Gasteiger partial charge in [-0.2, -0.15) is 4.98 Å². The summed E-state index contributed by atoms with van der Waals surface area (Å²) in [7, 11) is 1.88. The Morgan fingerprint density at radius 2 is 2.50 bits per heavy atom. The Hall–Kier alpha value is -1.29. The van der Waals surface area contributed by atoms with Crippen LogP contribution in [0.5, 0.6) is 0 Å². The monoisotopic (exact) mass is 195 g/mol. The van der Waals surface area contributed by atoms with Gasteiger partial charge in [-0.3, -0.25) is 0 Å². The number of hydrogen-bond donors (Lipinski definition) is 1. The predicted molar refractivity (Wildman–Crippen MR) is 57.4 cm³/mol. The summed E-state index contributed by atoms with van der Waals surface area (Å²) in [5.74, 6) is 0. The quantitative estimate of drug-likeness (QED) is 0.697. The number of anilines is 1. The van der Waals surface area contributed by atoms with Crippen molar-refractivity contribution in [3.63, 3.8) is 0 Å². The van der Waals surface area contributed by atoms with E-state index in [4.69, 9.17) is 4.42 Å². The lowest BCUT2D eigenvalue weighted by atomic mass is 10.5. The topological polar surface area (TPSA) is 41.3 Å². The largest absolute Gasteiger partial charge is 0.432 e. The lowest BCUT2D eigenvalue weighted by Gasteiger charge is -2.15. The minimum absolute atomic E-state index is 0.664. The number of nitrogens with zero attached hydrogens (tertiary/aromatic N) is 2. The minimum Gasteiger partial charge on any atom is -0.432 e. The molecule has 0 unspecified atom stereocenters. The minimum atomic E-state index is 0.664. The number of oxazole rings is 1. The highest BCUT2D eigenvalue weighted by atomic mass is 16.4. The first-order valence-electron chi connectivity index (χ1n) is 4.76. The van der Waals surface area contributed by atoms with E-state index in [1.165, 1.54) is 0 Å². The number of nitrogens with one attached hydrogen (secondary N) is 1. The molecule has 0 aliphatic carbocycles. The molecule has 0 aromatic carbocycles. The van der Waals surface area contributed by atoms with Gasteiger partial charge in [0.2, 0.25) is 0 Å². The van der Waals surface area contributed by atoms with Gasteiger partial charge in [0.25, 0.3) is 6.01 Å². The van der Waals surface area contributed by atoms with E-state index in [9.17, 15) is 0 Å². The standard InChI is InChI=1S/C10H17N3O/c1-4-6-13(5-2)10-12-9(7-11-3)8-14-10/h4,8,11H,1,5-7H2,2-3H3. The van der Waals surface area contributed by atoms with Crippen molar-refractivity contribution < 1.29 is 4.42 Å². The molecule has 1 rings (SSSR count). The zero-order valence-electron chi connectivity index (χ0n) is 8.79. The Labute approximate surface area is 84.6 Å². The summed E-state index contributed by atoms with van der Waals surface area (Å²) in [6.07, 6.45) is 3.52. The lowest BCUT2D eigenvalue weighted by molar-refractivity contribution is 0.542. The van der Waals surface area contributed by atoms with Crippen LogP contribution < -0.4 is 10.2 Å². The molecule has 0 aliphatic heterocycles. The summed E-state index contributed by atoms with van der Waals surface area (Å²) in [6, 6.07) is 0.664. The van der Waals surface area contributed by atoms with E-state index in [1.54, 1.807) is 6.26 Å². The van der Waals surface area contributed by atoms with Gasteiger partial charge in [0, 0.05) is 19.6 Å². The van der Waals surface area contributed by atoms with Gasteiger partial charge in [-0.1, -0.05) is 6.08 Å². The number of hydrogen-bond acceptors (Lipinski definition) is 4. The lowest BCUT2D eigenvalue weighted by Crippen LogP contribution is -2.22. The third-order valence-corrected chi connectivity index (χ3v) is 1.90. The second-order valence-electron chi connectivity index (χ2n) is 2.98. The summed E-state index contributed by atoms with van der Waals surface area (Å²) in [5.41, 5.74) is 0.921. The van der Waals surface area contributed by atoms with Crippen LogP contribution in [0.3, 0.4) is 0 Å². The highest BCUT2D eigenvalue weighted by Gasteiger charge is 2.08. The molecule has 0 radical (unpaired) electrons. The Kier molecular flexibility index (Phi) is 4.19. The van der Waals surface area contributed by atoms with E-state index in [-0.39, 0.29) is 0 Å². The molecule has 0 saturated carbocycles. The van der Waals surface area contributed by atoms with Crippen LogP contribution in [0.2, 0.25) is 0 Å². The van der Waals surface area contributed by atoms with Crippen LogP contribution in [0.1, 0.15) is 12.6 Å². The fourth-order valence-electron chi connectivity index (χ4n) is 1.20. The van der Waals surface area contributed by atoms with E-state index in [0.717, 1.165) is 25.3 Å². The van der Waals surface area contributed by atoms with Gasteiger partial charge < -0.3 is 14.6 Å². The van der Waals surface area contributed by atoms with Crippen molar-refractivity contribution in [3.8, 4) is 0 Å². The molecule has 0 amide bonds. The van der Waals surface area contributed by atoms with Crippen LogP contribution in [0.25, 0.3) is 0 Å². The molecule has 1 N–H and O–H groups in total. The molecule has 1 heterocycles. The highest BCUT2D eigenvalue weighted by molar-refractivity contribution is 5.27. The van der Waals surface area contributed by atoms with Crippen LogP contribution in [0, 0.1) is 0 Å². The Morgan fingerprint density at radius 1 is 1.71 bits per heavy atom. The Morgan fingerprint density at radius 3 is 3.07 bits per heavy atom. The first kappa shape index (κ1) is 10.8. The van der Waals surface area contributed by atoms with E-state index in [0.29, 0.717) is 6.01 Å². The second kappa shape index (κ2) is 5.44. The predicted octanol–water partition coefficient (Wildman–Crippen LogP) is 1.41. The van der Waals surface area contributed by atoms with Crippen molar-refractivity contribution >= 4 is 6.01 Å². The van der Waals surface area contributed by atoms with E-state index >= 15 is 0 Å². The molecule has 78 valence electrons. The summed E-state index contributed by atoms with van der Waals surface area (Å²) in [5, 5.41) is 3.03. The molecule has 0 saturated heterocycles. The molecule has 1 aromatic heterocycles. The van der Waals surface area contributed by atoms with Crippen molar-refractivity contribution in [2.24, 2.45) is 0 Å². The summed E-state index contributed by atoms with van der Waals surface area (Å²) in [4.78, 5) is 6.36. The molecular formula is C10H17N3O. The molecule has 0 bridgehead atoms. The number of likely N-dealkylation sites (N-methyl/N-ethyl adjacent to an activating group) is 1. The van der Waals surface area contributed by atoms with Crippen molar-refractivity contribution in [1.29, 1.82) is 0 Å². The molecule has 4 heteroatoms. The molecule has 4 nitrogen and oxygen atoms in total. The average molecular weight is 195 g/mol.